The van der Waals surface area contributed by atoms with Crippen LogP contribution in [0.3, 0.4) is 0 Å². The van der Waals surface area contributed by atoms with Gasteiger partial charge in [0.05, 0.1) is 0 Å². The van der Waals surface area contributed by atoms with Crippen molar-refractivity contribution in [1.29, 1.82) is 0 Å². The fourth-order valence-electron chi connectivity index (χ4n) is 2.03. The van der Waals surface area contributed by atoms with Crippen LogP contribution in [0.1, 0.15) is 25.7 Å². The number of nitrogens with zero attached hydrogens (tertiary/aromatic N) is 1. The van der Waals surface area contributed by atoms with Gasteiger partial charge in [-0.2, -0.15) is 11.8 Å². The summed E-state index contributed by atoms with van der Waals surface area (Å²) < 4.78 is 0. The minimum absolute atomic E-state index is 0.323. The molecule has 0 aromatic heterocycles. The van der Waals surface area contributed by atoms with Crippen LogP contribution in [0.25, 0.3) is 0 Å². The zero-order chi connectivity index (χ0) is 11.1. The standard InChI is InChI=1S/C11H20ClNOS/c1-15-8-5-11(14)13-7-2-3-10(9-13)4-6-12/h10H,2-9H2,1H3. The molecule has 2 nitrogen and oxygen atoms in total. The molecular formula is C11H20ClNOS. The molecule has 88 valence electrons. The Hall–Kier alpha value is 0.110. The van der Waals surface area contributed by atoms with Gasteiger partial charge in [0.25, 0.3) is 0 Å². The summed E-state index contributed by atoms with van der Waals surface area (Å²) in [6.45, 7) is 1.88. The van der Waals surface area contributed by atoms with Crippen molar-refractivity contribution in [3.8, 4) is 0 Å². The first-order valence-electron chi connectivity index (χ1n) is 5.60. The highest BCUT2D eigenvalue weighted by Crippen LogP contribution is 2.20. The van der Waals surface area contributed by atoms with Crippen LogP contribution in [0.2, 0.25) is 0 Å². The van der Waals surface area contributed by atoms with Gasteiger partial charge in [0.1, 0.15) is 0 Å². The molecule has 1 heterocycles. The summed E-state index contributed by atoms with van der Waals surface area (Å²) in [5, 5.41) is 0. The smallest absolute Gasteiger partial charge is 0.223 e. The second-order valence-electron chi connectivity index (χ2n) is 4.07. The maximum absolute atomic E-state index is 11.8. The molecule has 0 aliphatic carbocycles. The van der Waals surface area contributed by atoms with Gasteiger partial charge in [-0.1, -0.05) is 0 Å². The molecule has 1 atom stereocenters. The Bertz CT molecular complexity index is 199. The molecule has 0 radical (unpaired) electrons. The number of alkyl halides is 1. The Labute approximate surface area is 102 Å². The predicted octanol–water partition coefficient (Wildman–Crippen LogP) is 2.61. The van der Waals surface area contributed by atoms with Gasteiger partial charge in [-0.3, -0.25) is 4.79 Å². The average Bonchev–Trinajstić information content (AvgIpc) is 2.27. The molecule has 1 saturated heterocycles. The number of thioether (sulfide) groups is 1. The van der Waals surface area contributed by atoms with E-state index in [0.717, 1.165) is 37.6 Å². The van der Waals surface area contributed by atoms with Crippen molar-refractivity contribution >= 4 is 29.3 Å². The first kappa shape index (κ1) is 13.2. The maximum Gasteiger partial charge on any atom is 0.223 e. The molecule has 0 N–H and O–H groups in total. The number of piperidine rings is 1. The van der Waals surface area contributed by atoms with Gasteiger partial charge in [-0.15, -0.1) is 11.6 Å². The van der Waals surface area contributed by atoms with Gasteiger partial charge in [0.2, 0.25) is 5.91 Å². The third-order valence-corrected chi connectivity index (χ3v) is 3.74. The van der Waals surface area contributed by atoms with Crippen LogP contribution in [0.5, 0.6) is 0 Å². The number of hydrogen-bond acceptors (Lipinski definition) is 2. The minimum Gasteiger partial charge on any atom is -0.342 e. The lowest BCUT2D eigenvalue weighted by molar-refractivity contribution is -0.132. The van der Waals surface area contributed by atoms with E-state index >= 15 is 0 Å². The van der Waals surface area contributed by atoms with Crippen LogP contribution in [0.15, 0.2) is 0 Å². The third kappa shape index (κ3) is 4.64. The molecular weight excluding hydrogens is 230 g/mol. The van der Waals surface area contributed by atoms with E-state index in [9.17, 15) is 4.79 Å². The van der Waals surface area contributed by atoms with Gasteiger partial charge in [0, 0.05) is 31.1 Å². The number of likely N-dealkylation sites (tertiary alicyclic amines) is 1. The number of hydrogen-bond donors (Lipinski definition) is 0. The first-order valence-corrected chi connectivity index (χ1v) is 7.53. The van der Waals surface area contributed by atoms with Crippen LogP contribution in [0.4, 0.5) is 0 Å². The van der Waals surface area contributed by atoms with Crippen molar-refractivity contribution in [3.63, 3.8) is 0 Å². The van der Waals surface area contributed by atoms with Gasteiger partial charge >= 0.3 is 0 Å². The third-order valence-electron chi connectivity index (χ3n) is 2.91. The van der Waals surface area contributed by atoms with E-state index in [-0.39, 0.29) is 0 Å². The van der Waals surface area contributed by atoms with E-state index in [1.807, 2.05) is 11.2 Å². The summed E-state index contributed by atoms with van der Waals surface area (Å²) in [7, 11) is 0. The average molecular weight is 250 g/mol. The van der Waals surface area contributed by atoms with E-state index in [1.165, 1.54) is 6.42 Å². The summed E-state index contributed by atoms with van der Waals surface area (Å²) in [6.07, 6.45) is 6.16. The van der Waals surface area contributed by atoms with Crippen molar-refractivity contribution < 1.29 is 4.79 Å². The SMILES string of the molecule is CSCCC(=O)N1CCCC(CCCl)C1. The van der Waals surface area contributed by atoms with Crippen molar-refractivity contribution in [3.05, 3.63) is 0 Å². The second-order valence-corrected chi connectivity index (χ2v) is 5.43. The number of rotatable bonds is 5. The lowest BCUT2D eigenvalue weighted by Gasteiger charge is -2.32. The number of carbonyl (C=O) groups is 1. The van der Waals surface area contributed by atoms with E-state index in [2.05, 4.69) is 0 Å². The van der Waals surface area contributed by atoms with Crippen LogP contribution < -0.4 is 0 Å². The van der Waals surface area contributed by atoms with Crippen LogP contribution in [-0.2, 0) is 4.79 Å². The van der Waals surface area contributed by atoms with Crippen LogP contribution >= 0.6 is 23.4 Å². The second kappa shape index (κ2) is 7.39. The Kier molecular flexibility index (Phi) is 6.50. The minimum atomic E-state index is 0.323. The summed E-state index contributed by atoms with van der Waals surface area (Å²) in [6, 6.07) is 0. The fourth-order valence-corrected chi connectivity index (χ4v) is 2.72. The molecule has 0 bridgehead atoms. The maximum atomic E-state index is 11.8. The van der Waals surface area contributed by atoms with Gasteiger partial charge in [0.15, 0.2) is 0 Å². The molecule has 0 spiro atoms. The zero-order valence-corrected chi connectivity index (χ0v) is 10.9. The van der Waals surface area contributed by atoms with Crippen molar-refractivity contribution in [1.82, 2.24) is 4.90 Å². The molecule has 0 saturated carbocycles. The highest BCUT2D eigenvalue weighted by molar-refractivity contribution is 7.98. The predicted molar refractivity (Wildman–Crippen MR) is 67.6 cm³/mol. The van der Waals surface area contributed by atoms with Gasteiger partial charge in [-0.05, 0) is 31.4 Å². The summed E-state index contributed by atoms with van der Waals surface area (Å²) in [5.41, 5.74) is 0. The van der Waals surface area contributed by atoms with Gasteiger partial charge in [-0.25, -0.2) is 0 Å². The summed E-state index contributed by atoms with van der Waals surface area (Å²) in [5.74, 6) is 2.62. The molecule has 1 fully saturated rings. The van der Waals surface area contributed by atoms with Crippen molar-refractivity contribution in [2.24, 2.45) is 5.92 Å². The Balaban J connectivity index is 2.31. The molecule has 0 aromatic carbocycles. The van der Waals surface area contributed by atoms with E-state index in [0.29, 0.717) is 18.2 Å². The molecule has 4 heteroatoms. The Morgan fingerprint density at radius 3 is 3.07 bits per heavy atom. The van der Waals surface area contributed by atoms with Gasteiger partial charge < -0.3 is 4.90 Å². The topological polar surface area (TPSA) is 20.3 Å². The van der Waals surface area contributed by atoms with Crippen LogP contribution in [0, 0.1) is 5.92 Å². The molecule has 15 heavy (non-hydrogen) atoms. The molecule has 0 aromatic rings. The number of halogens is 1. The Morgan fingerprint density at radius 1 is 1.60 bits per heavy atom. The van der Waals surface area contributed by atoms with Crippen molar-refractivity contribution in [2.45, 2.75) is 25.7 Å². The van der Waals surface area contributed by atoms with Crippen molar-refractivity contribution in [2.75, 3.05) is 31.0 Å². The van der Waals surface area contributed by atoms with E-state index < -0.39 is 0 Å². The molecule has 1 rings (SSSR count). The van der Waals surface area contributed by atoms with E-state index in [4.69, 9.17) is 11.6 Å². The highest BCUT2D eigenvalue weighted by atomic mass is 35.5. The molecule has 1 aliphatic rings. The quantitative estimate of drug-likeness (QED) is 0.699. The normalized spacial score (nSPS) is 21.7. The first-order chi connectivity index (χ1) is 7.27. The lowest BCUT2D eigenvalue weighted by atomic mass is 9.95. The molecule has 1 aliphatic heterocycles. The van der Waals surface area contributed by atoms with Crippen LogP contribution in [-0.4, -0.2) is 41.8 Å². The summed E-state index contributed by atoms with van der Waals surface area (Å²) >= 11 is 7.48. The number of amides is 1. The fraction of sp³-hybridized carbons (Fsp3) is 0.909. The monoisotopic (exact) mass is 249 g/mol. The zero-order valence-electron chi connectivity index (χ0n) is 9.38. The largest absolute Gasteiger partial charge is 0.342 e. The highest BCUT2D eigenvalue weighted by Gasteiger charge is 2.22. The molecule has 1 amide bonds. The number of carbonyl (C=O) groups excluding carboxylic acids is 1. The summed E-state index contributed by atoms with van der Waals surface area (Å²) in [4.78, 5) is 13.8. The molecule has 1 unspecified atom stereocenters. The van der Waals surface area contributed by atoms with E-state index in [1.54, 1.807) is 11.8 Å². The lowest BCUT2D eigenvalue weighted by Crippen LogP contribution is -2.40. The Morgan fingerprint density at radius 2 is 2.40 bits per heavy atom.